The number of carbonyl (C=O) groups is 1. The van der Waals surface area contributed by atoms with Gasteiger partial charge in [-0.15, -0.1) is 0 Å². The molecule has 0 aromatic rings. The Morgan fingerprint density at radius 1 is 1.33 bits per heavy atom. The molecule has 4 nitrogen and oxygen atoms in total. The van der Waals surface area contributed by atoms with Gasteiger partial charge in [0.15, 0.2) is 0 Å². The van der Waals surface area contributed by atoms with E-state index in [9.17, 15) is 4.79 Å². The second kappa shape index (κ2) is 7.65. The fourth-order valence-electron chi connectivity index (χ4n) is 1.31. The first-order valence-corrected chi connectivity index (χ1v) is 5.60. The molecule has 0 bridgehead atoms. The summed E-state index contributed by atoms with van der Waals surface area (Å²) in [5.41, 5.74) is 0. The summed E-state index contributed by atoms with van der Waals surface area (Å²) in [5.74, 6) is -0.121. The van der Waals surface area contributed by atoms with Gasteiger partial charge in [0.1, 0.15) is 0 Å². The Bertz CT molecular complexity index is 181. The third-order valence-corrected chi connectivity index (χ3v) is 2.20. The van der Waals surface area contributed by atoms with Gasteiger partial charge in [-0.2, -0.15) is 0 Å². The van der Waals surface area contributed by atoms with Gasteiger partial charge in [-0.3, -0.25) is 9.69 Å². The topological polar surface area (TPSA) is 52.6 Å². The zero-order chi connectivity index (χ0) is 11.8. The summed E-state index contributed by atoms with van der Waals surface area (Å²) in [6, 6.07) is 0.280. The highest BCUT2D eigenvalue weighted by Gasteiger charge is 2.12. The van der Waals surface area contributed by atoms with Crippen molar-refractivity contribution >= 4 is 5.97 Å². The van der Waals surface area contributed by atoms with Crippen molar-refractivity contribution in [1.82, 2.24) is 10.2 Å². The maximum atomic E-state index is 10.6. The quantitative estimate of drug-likeness (QED) is 0.595. The first-order valence-electron chi connectivity index (χ1n) is 5.60. The molecule has 0 amide bonds. The van der Waals surface area contributed by atoms with E-state index in [0.717, 1.165) is 19.6 Å². The molecule has 90 valence electrons. The van der Waals surface area contributed by atoms with Gasteiger partial charge in [0.2, 0.25) is 0 Å². The van der Waals surface area contributed by atoms with Crippen LogP contribution in [0.5, 0.6) is 0 Å². The molecule has 2 N–H and O–H groups in total. The van der Waals surface area contributed by atoms with E-state index in [1.807, 2.05) is 18.7 Å². The van der Waals surface area contributed by atoms with Crippen molar-refractivity contribution in [2.24, 2.45) is 5.92 Å². The van der Waals surface area contributed by atoms with Crippen molar-refractivity contribution in [2.75, 3.05) is 26.2 Å². The summed E-state index contributed by atoms with van der Waals surface area (Å²) in [7, 11) is 0. The molecule has 0 saturated carbocycles. The molecule has 0 unspecified atom stereocenters. The molecule has 0 aliphatic heterocycles. The second-order valence-electron chi connectivity index (χ2n) is 4.56. The van der Waals surface area contributed by atoms with Gasteiger partial charge < -0.3 is 10.4 Å². The molecule has 0 rings (SSSR count). The summed E-state index contributed by atoms with van der Waals surface area (Å²) in [6.45, 7) is 11.1. The van der Waals surface area contributed by atoms with Crippen LogP contribution in [0.2, 0.25) is 0 Å². The maximum absolute atomic E-state index is 10.6. The Morgan fingerprint density at radius 3 is 2.33 bits per heavy atom. The molecule has 0 atom stereocenters. The highest BCUT2D eigenvalue weighted by Crippen LogP contribution is 1.96. The standard InChI is InChI=1S/C11H24N2O2/c1-9(2)7-12-5-6-13(10(3)4)8-11(14)15/h9-10,12H,5-8H2,1-4H3,(H,14,15). The van der Waals surface area contributed by atoms with E-state index >= 15 is 0 Å². The van der Waals surface area contributed by atoms with Crippen molar-refractivity contribution in [1.29, 1.82) is 0 Å². The third-order valence-electron chi connectivity index (χ3n) is 2.20. The highest BCUT2D eigenvalue weighted by molar-refractivity contribution is 5.69. The van der Waals surface area contributed by atoms with E-state index in [1.54, 1.807) is 0 Å². The maximum Gasteiger partial charge on any atom is 0.317 e. The lowest BCUT2D eigenvalue weighted by Gasteiger charge is -2.24. The largest absolute Gasteiger partial charge is 0.480 e. The predicted molar refractivity (Wildman–Crippen MR) is 62.1 cm³/mol. The fraction of sp³-hybridized carbons (Fsp3) is 0.909. The molecule has 0 aromatic carbocycles. The van der Waals surface area contributed by atoms with Gasteiger partial charge in [0.05, 0.1) is 6.54 Å². The molecule has 15 heavy (non-hydrogen) atoms. The first-order chi connectivity index (χ1) is 6.93. The lowest BCUT2D eigenvalue weighted by atomic mass is 10.2. The van der Waals surface area contributed by atoms with Crippen molar-refractivity contribution in [3.8, 4) is 0 Å². The minimum atomic E-state index is -0.757. The summed E-state index contributed by atoms with van der Waals surface area (Å²) >= 11 is 0. The fourth-order valence-corrected chi connectivity index (χ4v) is 1.31. The number of hydrogen-bond acceptors (Lipinski definition) is 3. The number of nitrogens with zero attached hydrogens (tertiary/aromatic N) is 1. The Kier molecular flexibility index (Phi) is 7.34. The van der Waals surface area contributed by atoms with E-state index in [2.05, 4.69) is 19.2 Å². The molecular formula is C11H24N2O2. The van der Waals surface area contributed by atoms with Crippen molar-refractivity contribution in [3.05, 3.63) is 0 Å². The summed E-state index contributed by atoms with van der Waals surface area (Å²) in [6.07, 6.45) is 0. The Hall–Kier alpha value is -0.610. The first kappa shape index (κ1) is 14.4. The minimum absolute atomic E-state index is 0.126. The SMILES string of the molecule is CC(C)CNCCN(CC(=O)O)C(C)C. The molecule has 0 aliphatic carbocycles. The van der Waals surface area contributed by atoms with Gasteiger partial charge in [0.25, 0.3) is 0 Å². The van der Waals surface area contributed by atoms with Crippen LogP contribution in [-0.2, 0) is 4.79 Å². The Balaban J connectivity index is 3.71. The van der Waals surface area contributed by atoms with Crippen LogP contribution < -0.4 is 5.32 Å². The van der Waals surface area contributed by atoms with E-state index in [0.29, 0.717) is 5.92 Å². The van der Waals surface area contributed by atoms with Crippen LogP contribution in [0.1, 0.15) is 27.7 Å². The van der Waals surface area contributed by atoms with Crippen LogP contribution >= 0.6 is 0 Å². The van der Waals surface area contributed by atoms with E-state index in [4.69, 9.17) is 5.11 Å². The van der Waals surface area contributed by atoms with Crippen LogP contribution in [0.4, 0.5) is 0 Å². The highest BCUT2D eigenvalue weighted by atomic mass is 16.4. The normalized spacial score (nSPS) is 11.7. The minimum Gasteiger partial charge on any atom is -0.480 e. The average Bonchev–Trinajstić information content (AvgIpc) is 2.08. The monoisotopic (exact) mass is 216 g/mol. The molecule has 0 saturated heterocycles. The van der Waals surface area contributed by atoms with Crippen LogP contribution in [0.25, 0.3) is 0 Å². The smallest absolute Gasteiger partial charge is 0.317 e. The molecule has 0 radical (unpaired) electrons. The molecule has 0 aromatic heterocycles. The lowest BCUT2D eigenvalue weighted by Crippen LogP contribution is -2.40. The van der Waals surface area contributed by atoms with Crippen molar-refractivity contribution < 1.29 is 9.90 Å². The number of carboxylic acids is 1. The Labute approximate surface area is 92.7 Å². The predicted octanol–water partition coefficient (Wildman–Crippen LogP) is 1.03. The lowest BCUT2D eigenvalue weighted by molar-refractivity contribution is -0.138. The molecule has 0 fully saturated rings. The van der Waals surface area contributed by atoms with Gasteiger partial charge in [-0.1, -0.05) is 13.8 Å². The number of hydrogen-bond donors (Lipinski definition) is 2. The van der Waals surface area contributed by atoms with Gasteiger partial charge in [-0.05, 0) is 26.3 Å². The van der Waals surface area contributed by atoms with Crippen LogP contribution in [-0.4, -0.2) is 48.2 Å². The van der Waals surface area contributed by atoms with Gasteiger partial charge in [0, 0.05) is 19.1 Å². The molecule has 0 spiro atoms. The van der Waals surface area contributed by atoms with Gasteiger partial charge >= 0.3 is 5.97 Å². The van der Waals surface area contributed by atoms with Crippen molar-refractivity contribution in [2.45, 2.75) is 33.7 Å². The van der Waals surface area contributed by atoms with Crippen LogP contribution in [0.15, 0.2) is 0 Å². The summed E-state index contributed by atoms with van der Waals surface area (Å²) in [4.78, 5) is 12.5. The van der Waals surface area contributed by atoms with E-state index in [1.165, 1.54) is 0 Å². The summed E-state index contributed by atoms with van der Waals surface area (Å²) < 4.78 is 0. The number of rotatable bonds is 8. The second-order valence-corrected chi connectivity index (χ2v) is 4.56. The summed E-state index contributed by atoms with van der Waals surface area (Å²) in [5, 5.41) is 12.0. The number of carboxylic acid groups (broad SMARTS) is 1. The van der Waals surface area contributed by atoms with E-state index < -0.39 is 5.97 Å². The Morgan fingerprint density at radius 2 is 1.93 bits per heavy atom. The van der Waals surface area contributed by atoms with Crippen LogP contribution in [0, 0.1) is 5.92 Å². The molecular weight excluding hydrogens is 192 g/mol. The third kappa shape index (κ3) is 8.39. The van der Waals surface area contributed by atoms with Gasteiger partial charge in [-0.25, -0.2) is 0 Å². The molecule has 0 aliphatic rings. The number of nitrogens with one attached hydrogen (secondary N) is 1. The molecule has 0 heterocycles. The van der Waals surface area contributed by atoms with Crippen LogP contribution in [0.3, 0.4) is 0 Å². The molecule has 4 heteroatoms. The van der Waals surface area contributed by atoms with Crippen molar-refractivity contribution in [3.63, 3.8) is 0 Å². The zero-order valence-corrected chi connectivity index (χ0v) is 10.3. The average molecular weight is 216 g/mol. The van der Waals surface area contributed by atoms with E-state index in [-0.39, 0.29) is 12.6 Å². The zero-order valence-electron chi connectivity index (χ0n) is 10.3. The number of aliphatic carboxylic acids is 1.